The normalized spacial score (nSPS) is 11.5. The van der Waals surface area contributed by atoms with Gasteiger partial charge in [-0.05, 0) is 29.8 Å². The fourth-order valence-corrected chi connectivity index (χ4v) is 3.03. The van der Waals surface area contributed by atoms with Gasteiger partial charge in [0.2, 0.25) is 0 Å². The van der Waals surface area contributed by atoms with E-state index in [0.29, 0.717) is 11.4 Å². The maximum atomic E-state index is 13.7. The zero-order valence-corrected chi connectivity index (χ0v) is 13.4. The summed E-state index contributed by atoms with van der Waals surface area (Å²) < 4.78 is 15.7. The molecule has 24 heavy (non-hydrogen) atoms. The van der Waals surface area contributed by atoms with Crippen LogP contribution in [0.25, 0.3) is 33.3 Å². The molecule has 0 aliphatic carbocycles. The number of aromatic amines is 1. The number of hydrogen-bond donors (Lipinski definition) is 3. The lowest BCUT2D eigenvalue weighted by molar-refractivity contribution is 0.611. The minimum atomic E-state index is -0.290. The van der Waals surface area contributed by atoms with E-state index < -0.39 is 0 Å². The predicted octanol–water partition coefficient (Wildman–Crippen LogP) is 2.76. The van der Waals surface area contributed by atoms with Crippen LogP contribution in [0.2, 0.25) is 0 Å². The molecular formula is C17H17FN6. The second-order valence-corrected chi connectivity index (χ2v) is 5.72. The maximum absolute atomic E-state index is 13.7. The highest BCUT2D eigenvalue weighted by atomic mass is 19.1. The van der Waals surface area contributed by atoms with Crippen molar-refractivity contribution in [3.63, 3.8) is 0 Å². The molecule has 0 saturated heterocycles. The van der Waals surface area contributed by atoms with Crippen LogP contribution in [0.1, 0.15) is 5.56 Å². The molecule has 0 amide bonds. The van der Waals surface area contributed by atoms with Gasteiger partial charge in [0.15, 0.2) is 5.82 Å². The van der Waals surface area contributed by atoms with Gasteiger partial charge in [0.1, 0.15) is 17.0 Å². The van der Waals surface area contributed by atoms with Crippen LogP contribution in [0.3, 0.4) is 0 Å². The Bertz CT molecular complexity index is 1060. The van der Waals surface area contributed by atoms with E-state index in [0.717, 1.165) is 33.3 Å². The average molecular weight is 324 g/mol. The summed E-state index contributed by atoms with van der Waals surface area (Å²) >= 11 is 0. The van der Waals surface area contributed by atoms with E-state index in [2.05, 4.69) is 20.3 Å². The van der Waals surface area contributed by atoms with Crippen molar-refractivity contribution in [3.05, 3.63) is 42.0 Å². The zero-order valence-electron chi connectivity index (χ0n) is 13.4. The molecule has 0 unspecified atom stereocenters. The molecule has 0 aliphatic heterocycles. The topological polar surface area (TPSA) is 84.6 Å². The van der Waals surface area contributed by atoms with E-state index >= 15 is 0 Å². The molecule has 3 aromatic heterocycles. The minimum absolute atomic E-state index is 0.161. The summed E-state index contributed by atoms with van der Waals surface area (Å²) in [7, 11) is 3.77. The molecule has 0 bridgehead atoms. The number of fused-ring (bicyclic) bond motifs is 3. The standard InChI is InChI=1S/C17H17FN6/c1-20-17-14-15(24(2)8-21-14)11-6-13(22-16(11)23-17)9-3-4-12(18)10(5-9)7-19/h3-6,8H,7,19H2,1-2H3,(H2,20,22,23). The lowest BCUT2D eigenvalue weighted by Gasteiger charge is -2.03. The van der Waals surface area contributed by atoms with Crippen molar-refractivity contribution >= 4 is 27.9 Å². The van der Waals surface area contributed by atoms with Gasteiger partial charge in [0, 0.05) is 37.3 Å². The number of rotatable bonds is 3. The average Bonchev–Trinajstić information content (AvgIpc) is 3.18. The van der Waals surface area contributed by atoms with Crippen LogP contribution in [0, 0.1) is 5.82 Å². The van der Waals surface area contributed by atoms with E-state index in [1.807, 2.05) is 24.7 Å². The van der Waals surface area contributed by atoms with E-state index in [1.165, 1.54) is 6.07 Å². The van der Waals surface area contributed by atoms with Gasteiger partial charge in [0.25, 0.3) is 0 Å². The molecule has 3 heterocycles. The van der Waals surface area contributed by atoms with Crippen LogP contribution in [0.15, 0.2) is 30.6 Å². The van der Waals surface area contributed by atoms with Crippen LogP contribution in [-0.2, 0) is 13.6 Å². The Morgan fingerprint density at radius 2 is 2.17 bits per heavy atom. The predicted molar refractivity (Wildman–Crippen MR) is 93.2 cm³/mol. The first kappa shape index (κ1) is 14.6. The number of anilines is 1. The molecular weight excluding hydrogens is 307 g/mol. The number of imidazole rings is 1. The van der Waals surface area contributed by atoms with Crippen LogP contribution in [0.5, 0.6) is 0 Å². The van der Waals surface area contributed by atoms with Crippen LogP contribution in [-0.4, -0.2) is 26.6 Å². The molecule has 0 saturated carbocycles. The SMILES string of the molecule is CNc1nc2[nH]c(-c3ccc(F)c(CN)c3)cc2c2c1ncn2C. The highest BCUT2D eigenvalue weighted by molar-refractivity contribution is 6.07. The monoisotopic (exact) mass is 324 g/mol. The lowest BCUT2D eigenvalue weighted by Crippen LogP contribution is -1.99. The molecule has 0 atom stereocenters. The van der Waals surface area contributed by atoms with Gasteiger partial charge < -0.3 is 20.6 Å². The van der Waals surface area contributed by atoms with Gasteiger partial charge in [-0.1, -0.05) is 0 Å². The molecule has 0 fully saturated rings. The first-order chi connectivity index (χ1) is 11.6. The van der Waals surface area contributed by atoms with E-state index in [9.17, 15) is 4.39 Å². The number of nitrogens with zero attached hydrogens (tertiary/aromatic N) is 3. The molecule has 6 nitrogen and oxygen atoms in total. The molecule has 1 aromatic carbocycles. The number of nitrogens with one attached hydrogen (secondary N) is 2. The minimum Gasteiger partial charge on any atom is -0.371 e. The Hall–Kier alpha value is -2.93. The Kier molecular flexibility index (Phi) is 3.24. The quantitative estimate of drug-likeness (QED) is 0.541. The smallest absolute Gasteiger partial charge is 0.156 e. The Morgan fingerprint density at radius 1 is 1.33 bits per heavy atom. The molecule has 4 aromatic rings. The number of halogens is 1. The third-order valence-corrected chi connectivity index (χ3v) is 4.25. The fraction of sp³-hybridized carbons (Fsp3) is 0.176. The number of hydrogen-bond acceptors (Lipinski definition) is 4. The third kappa shape index (κ3) is 2.05. The highest BCUT2D eigenvalue weighted by Crippen LogP contribution is 2.32. The van der Waals surface area contributed by atoms with Gasteiger partial charge >= 0.3 is 0 Å². The van der Waals surface area contributed by atoms with E-state index in [-0.39, 0.29) is 12.4 Å². The van der Waals surface area contributed by atoms with Gasteiger partial charge in [-0.15, -0.1) is 0 Å². The lowest BCUT2D eigenvalue weighted by atomic mass is 10.1. The molecule has 7 heteroatoms. The number of H-pyrrole nitrogens is 1. The Balaban J connectivity index is 1.99. The maximum Gasteiger partial charge on any atom is 0.156 e. The molecule has 0 spiro atoms. The molecule has 0 aliphatic rings. The second kappa shape index (κ2) is 5.31. The van der Waals surface area contributed by atoms with Gasteiger partial charge in [-0.2, -0.15) is 0 Å². The summed E-state index contributed by atoms with van der Waals surface area (Å²) in [5.41, 5.74) is 10.4. The van der Waals surface area contributed by atoms with Gasteiger partial charge in [0.05, 0.1) is 11.8 Å². The van der Waals surface area contributed by atoms with Crippen LogP contribution >= 0.6 is 0 Å². The summed E-state index contributed by atoms with van der Waals surface area (Å²) in [4.78, 5) is 12.3. The third-order valence-electron chi connectivity index (χ3n) is 4.25. The first-order valence-electron chi connectivity index (χ1n) is 7.62. The summed E-state index contributed by atoms with van der Waals surface area (Å²) in [5.74, 6) is 0.426. The van der Waals surface area contributed by atoms with Crippen molar-refractivity contribution in [2.45, 2.75) is 6.54 Å². The zero-order chi connectivity index (χ0) is 16.8. The molecule has 4 rings (SSSR count). The highest BCUT2D eigenvalue weighted by Gasteiger charge is 2.15. The van der Waals surface area contributed by atoms with Crippen molar-refractivity contribution in [1.29, 1.82) is 0 Å². The number of pyridine rings is 1. The molecule has 122 valence electrons. The fourth-order valence-electron chi connectivity index (χ4n) is 3.03. The number of nitrogens with two attached hydrogens (primary N) is 1. The van der Waals surface area contributed by atoms with Gasteiger partial charge in [-0.25, -0.2) is 14.4 Å². The van der Waals surface area contributed by atoms with Crippen LogP contribution in [0.4, 0.5) is 10.2 Å². The summed E-state index contributed by atoms with van der Waals surface area (Å²) in [6, 6.07) is 6.95. The number of benzene rings is 1. The number of aryl methyl sites for hydroxylation is 1. The Labute approximate surface area is 137 Å². The summed E-state index contributed by atoms with van der Waals surface area (Å²) in [6.45, 7) is 0.161. The first-order valence-corrected chi connectivity index (χ1v) is 7.62. The van der Waals surface area contributed by atoms with Crippen molar-refractivity contribution in [3.8, 4) is 11.3 Å². The molecule has 4 N–H and O–H groups in total. The van der Waals surface area contributed by atoms with Crippen molar-refractivity contribution in [2.75, 3.05) is 12.4 Å². The Morgan fingerprint density at radius 3 is 2.92 bits per heavy atom. The van der Waals surface area contributed by atoms with Crippen molar-refractivity contribution in [2.24, 2.45) is 12.8 Å². The summed E-state index contributed by atoms with van der Waals surface area (Å²) in [6.07, 6.45) is 1.77. The van der Waals surface area contributed by atoms with Crippen molar-refractivity contribution in [1.82, 2.24) is 19.5 Å². The van der Waals surface area contributed by atoms with Gasteiger partial charge in [-0.3, -0.25) is 0 Å². The largest absolute Gasteiger partial charge is 0.371 e. The summed E-state index contributed by atoms with van der Waals surface area (Å²) in [5, 5.41) is 4.05. The van der Waals surface area contributed by atoms with Crippen LogP contribution < -0.4 is 11.1 Å². The molecule has 0 radical (unpaired) electrons. The second-order valence-electron chi connectivity index (χ2n) is 5.72. The number of aromatic nitrogens is 4. The van der Waals surface area contributed by atoms with E-state index in [4.69, 9.17) is 5.73 Å². The van der Waals surface area contributed by atoms with E-state index in [1.54, 1.807) is 18.5 Å². The van der Waals surface area contributed by atoms with Crippen molar-refractivity contribution < 1.29 is 4.39 Å².